The molecule has 106 valence electrons. The first-order valence-electron chi connectivity index (χ1n) is 6.16. The van der Waals surface area contributed by atoms with Gasteiger partial charge in [0.2, 0.25) is 0 Å². The molecule has 2 N–H and O–H groups in total. The van der Waals surface area contributed by atoms with Crippen molar-refractivity contribution in [1.29, 1.82) is 0 Å². The minimum absolute atomic E-state index is 0.0945. The minimum atomic E-state index is -0.925. The fourth-order valence-corrected chi connectivity index (χ4v) is 1.75. The Bertz CT molecular complexity index is 450. The molecular weight excluding hydrogens is 249 g/mol. The van der Waals surface area contributed by atoms with Gasteiger partial charge in [-0.25, -0.2) is 4.39 Å². The molecule has 0 radical (unpaired) electrons. The summed E-state index contributed by atoms with van der Waals surface area (Å²) in [5, 5.41) is 0. The molecule has 1 aromatic carbocycles. The molecule has 0 saturated carbocycles. The molecule has 0 aliphatic carbocycles. The number of hydrogen-bond acceptors (Lipinski definition) is 4. The largest absolute Gasteiger partial charge is 0.497 e. The van der Waals surface area contributed by atoms with Crippen LogP contribution in [0.25, 0.3) is 0 Å². The van der Waals surface area contributed by atoms with Gasteiger partial charge in [-0.2, -0.15) is 0 Å². The predicted molar refractivity (Wildman–Crippen MR) is 70.5 cm³/mol. The lowest BCUT2D eigenvalue weighted by atomic mass is 9.83. The SMILES string of the molecule is CCOC(=O)C(C)(CN)Cc1ccc(OC)cc1F. The molecule has 0 aliphatic heterocycles. The van der Waals surface area contributed by atoms with Crippen LogP contribution < -0.4 is 10.5 Å². The smallest absolute Gasteiger partial charge is 0.313 e. The second-order valence-corrected chi connectivity index (χ2v) is 4.62. The van der Waals surface area contributed by atoms with Gasteiger partial charge in [-0.15, -0.1) is 0 Å². The van der Waals surface area contributed by atoms with Crippen molar-refractivity contribution in [2.75, 3.05) is 20.3 Å². The summed E-state index contributed by atoms with van der Waals surface area (Å²) in [7, 11) is 1.47. The summed E-state index contributed by atoms with van der Waals surface area (Å²) < 4.78 is 23.8. The van der Waals surface area contributed by atoms with E-state index in [9.17, 15) is 9.18 Å². The van der Waals surface area contributed by atoms with Crippen molar-refractivity contribution in [2.24, 2.45) is 11.1 Å². The van der Waals surface area contributed by atoms with Gasteiger partial charge >= 0.3 is 5.97 Å². The van der Waals surface area contributed by atoms with Gasteiger partial charge in [0.05, 0.1) is 19.1 Å². The van der Waals surface area contributed by atoms with Crippen LogP contribution in [0.5, 0.6) is 5.75 Å². The summed E-state index contributed by atoms with van der Waals surface area (Å²) in [6.07, 6.45) is 0.193. The molecular formula is C14H20FNO3. The number of halogens is 1. The number of carbonyl (C=O) groups is 1. The molecule has 19 heavy (non-hydrogen) atoms. The molecule has 0 spiro atoms. The maximum atomic E-state index is 13.9. The Kier molecular flexibility index (Phi) is 5.30. The van der Waals surface area contributed by atoms with Gasteiger partial charge < -0.3 is 15.2 Å². The zero-order valence-electron chi connectivity index (χ0n) is 11.5. The Morgan fingerprint density at radius 1 is 1.47 bits per heavy atom. The van der Waals surface area contributed by atoms with E-state index in [-0.39, 0.29) is 19.6 Å². The van der Waals surface area contributed by atoms with Crippen LogP contribution >= 0.6 is 0 Å². The molecule has 0 amide bonds. The highest BCUT2D eigenvalue weighted by Gasteiger charge is 2.34. The first-order chi connectivity index (χ1) is 8.96. The molecule has 0 heterocycles. The third-order valence-corrected chi connectivity index (χ3v) is 3.06. The van der Waals surface area contributed by atoms with Crippen LogP contribution in [0, 0.1) is 11.2 Å². The van der Waals surface area contributed by atoms with E-state index < -0.39 is 17.2 Å². The molecule has 1 atom stereocenters. The summed E-state index contributed by atoms with van der Waals surface area (Å²) in [6, 6.07) is 4.54. The monoisotopic (exact) mass is 269 g/mol. The minimum Gasteiger partial charge on any atom is -0.497 e. The second-order valence-electron chi connectivity index (χ2n) is 4.62. The number of carbonyl (C=O) groups excluding carboxylic acids is 1. The molecule has 0 aromatic heterocycles. The van der Waals surface area contributed by atoms with Gasteiger partial charge in [-0.3, -0.25) is 4.79 Å². The van der Waals surface area contributed by atoms with Crippen LogP contribution in [0.4, 0.5) is 4.39 Å². The number of benzene rings is 1. The number of esters is 1. The van der Waals surface area contributed by atoms with E-state index in [1.165, 1.54) is 13.2 Å². The highest BCUT2D eigenvalue weighted by atomic mass is 19.1. The normalized spacial score (nSPS) is 13.7. The summed E-state index contributed by atoms with van der Waals surface area (Å²) in [5.41, 5.74) is 5.14. The third kappa shape index (κ3) is 3.67. The molecule has 0 fully saturated rings. The van der Waals surface area contributed by atoms with Crippen molar-refractivity contribution in [3.05, 3.63) is 29.6 Å². The predicted octanol–water partition coefficient (Wildman–Crippen LogP) is 1.90. The zero-order chi connectivity index (χ0) is 14.5. The van der Waals surface area contributed by atoms with Crippen molar-refractivity contribution in [3.8, 4) is 5.75 Å². The van der Waals surface area contributed by atoms with Crippen LogP contribution in [-0.4, -0.2) is 26.2 Å². The molecule has 4 nitrogen and oxygen atoms in total. The highest BCUT2D eigenvalue weighted by Crippen LogP contribution is 2.26. The number of nitrogens with two attached hydrogens (primary N) is 1. The lowest BCUT2D eigenvalue weighted by Crippen LogP contribution is -2.39. The van der Waals surface area contributed by atoms with Crippen LogP contribution in [-0.2, 0) is 16.0 Å². The average molecular weight is 269 g/mol. The number of ether oxygens (including phenoxy) is 2. The topological polar surface area (TPSA) is 61.5 Å². The van der Waals surface area contributed by atoms with Crippen molar-refractivity contribution in [1.82, 2.24) is 0 Å². The molecule has 1 aromatic rings. The molecule has 1 rings (SSSR count). The Morgan fingerprint density at radius 3 is 2.63 bits per heavy atom. The fraction of sp³-hybridized carbons (Fsp3) is 0.500. The van der Waals surface area contributed by atoms with Crippen LogP contribution in [0.3, 0.4) is 0 Å². The zero-order valence-corrected chi connectivity index (χ0v) is 11.5. The van der Waals surface area contributed by atoms with Crippen LogP contribution in [0.2, 0.25) is 0 Å². The fourth-order valence-electron chi connectivity index (χ4n) is 1.75. The quantitative estimate of drug-likeness (QED) is 0.801. The van der Waals surface area contributed by atoms with Crippen LogP contribution in [0.15, 0.2) is 18.2 Å². The first-order valence-corrected chi connectivity index (χ1v) is 6.16. The second kappa shape index (κ2) is 6.52. The van der Waals surface area contributed by atoms with E-state index >= 15 is 0 Å². The molecule has 0 saturated heterocycles. The highest BCUT2D eigenvalue weighted by molar-refractivity contribution is 5.77. The molecule has 0 bridgehead atoms. The molecule has 5 heteroatoms. The first kappa shape index (κ1) is 15.4. The third-order valence-electron chi connectivity index (χ3n) is 3.06. The Balaban J connectivity index is 2.95. The van der Waals surface area contributed by atoms with E-state index in [0.29, 0.717) is 11.3 Å². The average Bonchev–Trinajstić information content (AvgIpc) is 2.41. The summed E-state index contributed by atoms with van der Waals surface area (Å²) in [6.45, 7) is 3.77. The Morgan fingerprint density at radius 2 is 2.16 bits per heavy atom. The molecule has 1 unspecified atom stereocenters. The number of rotatable bonds is 6. The van der Waals surface area contributed by atoms with E-state index in [1.54, 1.807) is 26.0 Å². The van der Waals surface area contributed by atoms with Crippen molar-refractivity contribution >= 4 is 5.97 Å². The molecule has 0 aliphatic rings. The summed E-state index contributed by atoms with van der Waals surface area (Å²) in [5.74, 6) is -0.386. The Hall–Kier alpha value is -1.62. The van der Waals surface area contributed by atoms with Gasteiger partial charge in [0.15, 0.2) is 0 Å². The van der Waals surface area contributed by atoms with E-state index in [4.69, 9.17) is 15.2 Å². The van der Waals surface area contributed by atoms with E-state index in [2.05, 4.69) is 0 Å². The van der Waals surface area contributed by atoms with Gasteiger partial charge in [0.25, 0.3) is 0 Å². The lowest BCUT2D eigenvalue weighted by Gasteiger charge is -2.25. The summed E-state index contributed by atoms with van der Waals surface area (Å²) in [4.78, 5) is 11.9. The van der Waals surface area contributed by atoms with Crippen molar-refractivity contribution in [2.45, 2.75) is 20.3 Å². The van der Waals surface area contributed by atoms with Crippen molar-refractivity contribution in [3.63, 3.8) is 0 Å². The van der Waals surface area contributed by atoms with Crippen molar-refractivity contribution < 1.29 is 18.7 Å². The number of methoxy groups -OCH3 is 1. The number of hydrogen-bond donors (Lipinski definition) is 1. The van der Waals surface area contributed by atoms with Gasteiger partial charge in [-0.05, 0) is 31.9 Å². The van der Waals surface area contributed by atoms with E-state index in [1.807, 2.05) is 0 Å². The lowest BCUT2D eigenvalue weighted by molar-refractivity contribution is -0.153. The summed E-state index contributed by atoms with van der Waals surface area (Å²) >= 11 is 0. The van der Waals surface area contributed by atoms with Gasteiger partial charge in [0.1, 0.15) is 11.6 Å². The maximum absolute atomic E-state index is 13.9. The Labute approximate surface area is 112 Å². The van der Waals surface area contributed by atoms with Gasteiger partial charge in [-0.1, -0.05) is 6.07 Å². The van der Waals surface area contributed by atoms with E-state index in [0.717, 1.165) is 0 Å². The maximum Gasteiger partial charge on any atom is 0.313 e. The van der Waals surface area contributed by atoms with Crippen LogP contribution in [0.1, 0.15) is 19.4 Å². The standard InChI is InChI=1S/C14H20FNO3/c1-4-19-13(17)14(2,9-16)8-10-5-6-11(18-3)7-12(10)15/h5-7H,4,8-9,16H2,1-3H3. The van der Waals surface area contributed by atoms with Gasteiger partial charge in [0, 0.05) is 12.6 Å².